The van der Waals surface area contributed by atoms with Crippen LogP contribution in [0.3, 0.4) is 0 Å². The number of nitrogens with one attached hydrogen (secondary N) is 1. The number of halogens is 1. The van der Waals surface area contributed by atoms with Gasteiger partial charge in [-0.2, -0.15) is 0 Å². The fourth-order valence-electron chi connectivity index (χ4n) is 2.92. The van der Waals surface area contributed by atoms with Crippen LogP contribution in [0.5, 0.6) is 5.75 Å². The van der Waals surface area contributed by atoms with Gasteiger partial charge in [-0.05, 0) is 37.0 Å². The Balaban J connectivity index is 1.44. The molecule has 3 rings (SSSR count). The highest BCUT2D eigenvalue weighted by atomic mass is 19.1. The van der Waals surface area contributed by atoms with Crippen LogP contribution >= 0.6 is 0 Å². The van der Waals surface area contributed by atoms with Gasteiger partial charge in [-0.25, -0.2) is 9.18 Å². The lowest BCUT2D eigenvalue weighted by Crippen LogP contribution is -2.55. The molecule has 1 saturated heterocycles. The quantitative estimate of drug-likeness (QED) is 0.885. The first-order chi connectivity index (χ1) is 11.6. The monoisotopic (exact) mass is 335 g/mol. The van der Waals surface area contributed by atoms with Crippen LogP contribution in [0, 0.1) is 5.82 Å². The highest BCUT2D eigenvalue weighted by Crippen LogP contribution is 2.28. The summed E-state index contributed by atoms with van der Waals surface area (Å²) in [5, 5.41) is 2.79. The highest BCUT2D eigenvalue weighted by molar-refractivity contribution is 5.85. The molecule has 1 N–H and O–H groups in total. The lowest BCUT2D eigenvalue weighted by molar-refractivity contribution is -0.135. The van der Waals surface area contributed by atoms with Crippen LogP contribution in [0.4, 0.5) is 9.18 Å². The number of piperazine rings is 1. The Morgan fingerprint density at radius 3 is 2.79 bits per heavy atom. The number of hydrogen-bond acceptors (Lipinski definition) is 3. The van der Waals surface area contributed by atoms with E-state index >= 15 is 0 Å². The summed E-state index contributed by atoms with van der Waals surface area (Å²) in [5.41, 5.74) is 0.781. The van der Waals surface area contributed by atoms with E-state index in [2.05, 4.69) is 5.32 Å². The van der Waals surface area contributed by atoms with Gasteiger partial charge in [0.1, 0.15) is 6.54 Å². The van der Waals surface area contributed by atoms with E-state index < -0.39 is 5.82 Å². The normalized spacial score (nSPS) is 17.8. The number of carbonyl (C=O) groups excluding carboxylic acids is 2. The third kappa shape index (κ3) is 3.77. The van der Waals surface area contributed by atoms with Gasteiger partial charge in [0.2, 0.25) is 5.91 Å². The Bertz CT molecular complexity index is 634. The molecule has 0 radical (unpaired) electrons. The molecule has 1 heterocycles. The highest BCUT2D eigenvalue weighted by Gasteiger charge is 2.36. The number of amides is 3. The number of hydrogen-bond donors (Lipinski definition) is 1. The number of benzene rings is 1. The maximum Gasteiger partial charge on any atom is 0.317 e. The maximum atomic E-state index is 13.6. The van der Waals surface area contributed by atoms with Crippen LogP contribution in [0.1, 0.15) is 18.4 Å². The van der Waals surface area contributed by atoms with Crippen molar-refractivity contribution >= 4 is 11.9 Å². The van der Waals surface area contributed by atoms with Crippen LogP contribution in [-0.2, 0) is 11.2 Å². The van der Waals surface area contributed by atoms with Gasteiger partial charge in [0.05, 0.1) is 7.11 Å². The Morgan fingerprint density at radius 1 is 1.38 bits per heavy atom. The second-order valence-corrected chi connectivity index (χ2v) is 6.19. The smallest absolute Gasteiger partial charge is 0.317 e. The molecule has 1 aromatic carbocycles. The van der Waals surface area contributed by atoms with E-state index in [-0.39, 0.29) is 24.2 Å². The summed E-state index contributed by atoms with van der Waals surface area (Å²) in [4.78, 5) is 27.6. The zero-order valence-corrected chi connectivity index (χ0v) is 13.8. The van der Waals surface area contributed by atoms with Crippen molar-refractivity contribution in [2.75, 3.05) is 33.3 Å². The third-order valence-electron chi connectivity index (χ3n) is 4.44. The molecule has 1 aliphatic heterocycles. The molecule has 1 aliphatic carbocycles. The van der Waals surface area contributed by atoms with Gasteiger partial charge in [0.15, 0.2) is 11.6 Å². The molecule has 130 valence electrons. The van der Waals surface area contributed by atoms with E-state index in [0.29, 0.717) is 32.1 Å². The van der Waals surface area contributed by atoms with Gasteiger partial charge in [-0.3, -0.25) is 4.79 Å². The SMILES string of the molecule is COc1ccc(CCNC(=O)N2CCN(C3CC3)C(=O)C2)cc1F. The van der Waals surface area contributed by atoms with Crippen molar-refractivity contribution in [2.24, 2.45) is 0 Å². The van der Waals surface area contributed by atoms with Gasteiger partial charge >= 0.3 is 6.03 Å². The topological polar surface area (TPSA) is 61.9 Å². The number of rotatable bonds is 5. The molecule has 0 atom stereocenters. The number of ether oxygens (including phenoxy) is 1. The lowest BCUT2D eigenvalue weighted by Gasteiger charge is -2.34. The van der Waals surface area contributed by atoms with Crippen molar-refractivity contribution in [3.05, 3.63) is 29.6 Å². The molecule has 1 saturated carbocycles. The molecule has 0 spiro atoms. The molecule has 2 aliphatic rings. The molecule has 1 aromatic rings. The fourth-order valence-corrected chi connectivity index (χ4v) is 2.92. The van der Waals surface area contributed by atoms with E-state index in [1.807, 2.05) is 4.90 Å². The van der Waals surface area contributed by atoms with Gasteiger partial charge < -0.3 is 19.9 Å². The van der Waals surface area contributed by atoms with Crippen LogP contribution in [-0.4, -0.2) is 61.1 Å². The van der Waals surface area contributed by atoms with Crippen molar-refractivity contribution in [3.8, 4) is 5.75 Å². The number of urea groups is 1. The van der Waals surface area contributed by atoms with E-state index in [9.17, 15) is 14.0 Å². The van der Waals surface area contributed by atoms with E-state index in [4.69, 9.17) is 4.74 Å². The van der Waals surface area contributed by atoms with Gasteiger partial charge in [-0.15, -0.1) is 0 Å². The van der Waals surface area contributed by atoms with Gasteiger partial charge in [0.25, 0.3) is 0 Å². The third-order valence-corrected chi connectivity index (χ3v) is 4.44. The van der Waals surface area contributed by atoms with E-state index in [1.54, 1.807) is 12.1 Å². The fraction of sp³-hybridized carbons (Fsp3) is 0.529. The summed E-state index contributed by atoms with van der Waals surface area (Å²) >= 11 is 0. The van der Waals surface area contributed by atoms with Crippen LogP contribution in [0.2, 0.25) is 0 Å². The van der Waals surface area contributed by atoms with Crippen LogP contribution in [0.15, 0.2) is 18.2 Å². The average Bonchev–Trinajstić information content (AvgIpc) is 3.39. The van der Waals surface area contributed by atoms with E-state index in [0.717, 1.165) is 18.4 Å². The van der Waals surface area contributed by atoms with E-state index in [1.165, 1.54) is 18.1 Å². The van der Waals surface area contributed by atoms with Crippen molar-refractivity contribution in [3.63, 3.8) is 0 Å². The molecule has 6 nitrogen and oxygen atoms in total. The first-order valence-corrected chi connectivity index (χ1v) is 8.23. The number of carbonyl (C=O) groups is 2. The first kappa shape index (κ1) is 16.5. The molecule has 3 amide bonds. The van der Waals surface area contributed by atoms with Crippen molar-refractivity contribution < 1.29 is 18.7 Å². The summed E-state index contributed by atoms with van der Waals surface area (Å²) in [6.45, 7) is 1.70. The van der Waals surface area contributed by atoms with Crippen molar-refractivity contribution in [1.82, 2.24) is 15.1 Å². The van der Waals surface area contributed by atoms with Gasteiger partial charge in [0, 0.05) is 25.7 Å². The Kier molecular flexibility index (Phi) is 4.87. The second-order valence-electron chi connectivity index (χ2n) is 6.19. The minimum atomic E-state index is -0.414. The summed E-state index contributed by atoms with van der Waals surface area (Å²) in [5.74, 6) is -0.186. The summed E-state index contributed by atoms with van der Waals surface area (Å²) in [7, 11) is 1.42. The average molecular weight is 335 g/mol. The summed E-state index contributed by atoms with van der Waals surface area (Å²) in [6.07, 6.45) is 2.68. The minimum Gasteiger partial charge on any atom is -0.494 e. The van der Waals surface area contributed by atoms with Crippen LogP contribution in [0.25, 0.3) is 0 Å². The predicted molar refractivity (Wildman–Crippen MR) is 86.4 cm³/mol. The molecule has 0 aromatic heterocycles. The summed E-state index contributed by atoms with van der Waals surface area (Å²) in [6, 6.07) is 4.90. The zero-order chi connectivity index (χ0) is 17.1. The molecule has 24 heavy (non-hydrogen) atoms. The number of nitrogens with zero attached hydrogens (tertiary/aromatic N) is 2. The molecule has 0 bridgehead atoms. The molecule has 0 unspecified atom stereocenters. The van der Waals surface area contributed by atoms with Crippen molar-refractivity contribution in [1.29, 1.82) is 0 Å². The molecular formula is C17H22FN3O3. The van der Waals surface area contributed by atoms with Crippen molar-refractivity contribution in [2.45, 2.75) is 25.3 Å². The standard InChI is InChI=1S/C17H22FN3O3/c1-24-15-5-2-12(10-14(15)18)6-7-19-17(23)20-8-9-21(13-3-4-13)16(22)11-20/h2,5,10,13H,3-4,6-9,11H2,1H3,(H,19,23). The predicted octanol–water partition coefficient (Wildman–Crippen LogP) is 1.39. The Morgan fingerprint density at radius 2 is 2.17 bits per heavy atom. The number of methoxy groups -OCH3 is 1. The second kappa shape index (κ2) is 7.07. The summed E-state index contributed by atoms with van der Waals surface area (Å²) < 4.78 is 18.5. The lowest BCUT2D eigenvalue weighted by atomic mass is 10.1. The minimum absolute atomic E-state index is 0.0242. The maximum absolute atomic E-state index is 13.6. The Hall–Kier alpha value is -2.31. The largest absolute Gasteiger partial charge is 0.494 e. The Labute approximate surface area is 140 Å². The van der Waals surface area contributed by atoms with Crippen LogP contribution < -0.4 is 10.1 Å². The first-order valence-electron chi connectivity index (χ1n) is 8.23. The zero-order valence-electron chi connectivity index (χ0n) is 13.8. The van der Waals surface area contributed by atoms with Gasteiger partial charge in [-0.1, -0.05) is 6.07 Å². The molecule has 2 fully saturated rings. The molecule has 7 heteroatoms. The molecular weight excluding hydrogens is 313 g/mol.